The second-order valence-electron chi connectivity index (χ2n) is 6.53. The maximum Gasteiger partial charge on any atom is 0.242 e. The van der Waals surface area contributed by atoms with Crippen LogP contribution < -0.4 is 5.32 Å². The van der Waals surface area contributed by atoms with E-state index in [1.165, 1.54) is 0 Å². The lowest BCUT2D eigenvalue weighted by molar-refractivity contribution is -0.140. The van der Waals surface area contributed by atoms with Crippen molar-refractivity contribution >= 4 is 23.4 Å². The van der Waals surface area contributed by atoms with Crippen molar-refractivity contribution < 1.29 is 9.59 Å². The number of carbonyl (C=O) groups is 2. The summed E-state index contributed by atoms with van der Waals surface area (Å²) in [7, 11) is 0. The molecule has 0 aliphatic heterocycles. The summed E-state index contributed by atoms with van der Waals surface area (Å²) in [5.41, 5.74) is 1.88. The van der Waals surface area contributed by atoms with Crippen molar-refractivity contribution in [3.05, 3.63) is 70.7 Å². The summed E-state index contributed by atoms with van der Waals surface area (Å²) < 4.78 is 0. The van der Waals surface area contributed by atoms with Crippen LogP contribution >= 0.6 is 11.6 Å². The first kappa shape index (κ1) is 21.0. The summed E-state index contributed by atoms with van der Waals surface area (Å²) in [6, 6.07) is 16.5. The highest BCUT2D eigenvalue weighted by molar-refractivity contribution is 6.30. The molecule has 2 aromatic carbocycles. The fourth-order valence-electron chi connectivity index (χ4n) is 2.94. The predicted octanol–water partition coefficient (Wildman–Crippen LogP) is 4.22. The van der Waals surface area contributed by atoms with Crippen molar-refractivity contribution in [1.82, 2.24) is 10.2 Å². The third kappa shape index (κ3) is 6.40. The summed E-state index contributed by atoms with van der Waals surface area (Å²) in [6.07, 6.45) is 1.69. The Morgan fingerprint density at radius 1 is 1.00 bits per heavy atom. The molecule has 0 saturated heterocycles. The van der Waals surface area contributed by atoms with Crippen LogP contribution in [0.5, 0.6) is 0 Å². The molecule has 0 aromatic heterocycles. The molecule has 4 nitrogen and oxygen atoms in total. The van der Waals surface area contributed by atoms with Gasteiger partial charge in [-0.05, 0) is 36.1 Å². The zero-order valence-corrected chi connectivity index (χ0v) is 16.7. The van der Waals surface area contributed by atoms with E-state index in [2.05, 4.69) is 5.32 Å². The second-order valence-corrected chi connectivity index (χ2v) is 6.96. The Balaban J connectivity index is 2.23. The van der Waals surface area contributed by atoms with Crippen LogP contribution in [0.1, 0.15) is 37.8 Å². The van der Waals surface area contributed by atoms with E-state index in [9.17, 15) is 9.59 Å². The van der Waals surface area contributed by atoms with Crippen LogP contribution in [0, 0.1) is 0 Å². The minimum atomic E-state index is -0.497. The number of nitrogens with zero attached hydrogens (tertiary/aromatic N) is 1. The standard InChI is InChI=1S/C22H27ClN2O2/c1-3-14-24-22(27)20(4-2)25(16-18-10-12-19(23)13-11-18)21(26)15-17-8-6-5-7-9-17/h5-13,20H,3-4,14-16H2,1-2H3,(H,24,27)/t20-/m0/s1. The van der Waals surface area contributed by atoms with Gasteiger partial charge in [0.05, 0.1) is 6.42 Å². The molecule has 0 radical (unpaired) electrons. The first-order valence-corrected chi connectivity index (χ1v) is 9.78. The molecule has 1 atom stereocenters. The van der Waals surface area contributed by atoms with Crippen LogP contribution in [0.4, 0.5) is 0 Å². The van der Waals surface area contributed by atoms with Gasteiger partial charge in [-0.15, -0.1) is 0 Å². The van der Waals surface area contributed by atoms with E-state index in [1.54, 1.807) is 17.0 Å². The number of halogens is 1. The van der Waals surface area contributed by atoms with E-state index >= 15 is 0 Å². The minimum Gasteiger partial charge on any atom is -0.354 e. The molecular formula is C22H27ClN2O2. The fourth-order valence-corrected chi connectivity index (χ4v) is 3.07. The molecule has 5 heteroatoms. The average Bonchev–Trinajstić information content (AvgIpc) is 2.68. The van der Waals surface area contributed by atoms with Crippen LogP contribution in [0.15, 0.2) is 54.6 Å². The van der Waals surface area contributed by atoms with E-state index < -0.39 is 6.04 Å². The highest BCUT2D eigenvalue weighted by atomic mass is 35.5. The third-order valence-electron chi connectivity index (χ3n) is 4.40. The molecule has 2 amide bonds. The van der Waals surface area contributed by atoms with Gasteiger partial charge < -0.3 is 10.2 Å². The zero-order chi connectivity index (χ0) is 19.6. The molecule has 27 heavy (non-hydrogen) atoms. The lowest BCUT2D eigenvalue weighted by Gasteiger charge is -2.30. The van der Waals surface area contributed by atoms with Gasteiger partial charge in [0.25, 0.3) is 0 Å². The molecular weight excluding hydrogens is 360 g/mol. The molecule has 0 heterocycles. The molecule has 0 saturated carbocycles. The molecule has 0 spiro atoms. The second kappa shape index (κ2) is 10.7. The fraction of sp³-hybridized carbons (Fsp3) is 0.364. The monoisotopic (exact) mass is 386 g/mol. The number of carbonyl (C=O) groups excluding carboxylic acids is 2. The maximum absolute atomic E-state index is 13.1. The van der Waals surface area contributed by atoms with Crippen LogP contribution in [0.25, 0.3) is 0 Å². The van der Waals surface area contributed by atoms with Crippen molar-refractivity contribution in [1.29, 1.82) is 0 Å². The first-order valence-electron chi connectivity index (χ1n) is 9.40. The van der Waals surface area contributed by atoms with Crippen molar-refractivity contribution in [3.63, 3.8) is 0 Å². The molecule has 0 unspecified atom stereocenters. The van der Waals surface area contributed by atoms with Crippen LogP contribution in [-0.4, -0.2) is 29.3 Å². The predicted molar refractivity (Wildman–Crippen MR) is 110 cm³/mol. The number of hydrogen-bond acceptors (Lipinski definition) is 2. The first-order chi connectivity index (χ1) is 13.0. The quantitative estimate of drug-likeness (QED) is 0.701. The van der Waals surface area contributed by atoms with Gasteiger partial charge in [0.2, 0.25) is 11.8 Å². The van der Waals surface area contributed by atoms with Gasteiger partial charge in [-0.2, -0.15) is 0 Å². The van der Waals surface area contributed by atoms with Gasteiger partial charge in [0.15, 0.2) is 0 Å². The van der Waals surface area contributed by atoms with E-state index in [4.69, 9.17) is 11.6 Å². The number of nitrogens with one attached hydrogen (secondary N) is 1. The molecule has 0 aliphatic carbocycles. The van der Waals surface area contributed by atoms with Crippen molar-refractivity contribution in [2.24, 2.45) is 0 Å². The lowest BCUT2D eigenvalue weighted by Crippen LogP contribution is -2.49. The Morgan fingerprint density at radius 2 is 1.67 bits per heavy atom. The van der Waals surface area contributed by atoms with Crippen LogP contribution in [0.2, 0.25) is 5.02 Å². The number of benzene rings is 2. The summed E-state index contributed by atoms with van der Waals surface area (Å²) in [6.45, 7) is 4.92. The molecule has 1 N–H and O–H groups in total. The Hall–Kier alpha value is -2.33. The highest BCUT2D eigenvalue weighted by Gasteiger charge is 2.28. The van der Waals surface area contributed by atoms with Gasteiger partial charge in [-0.25, -0.2) is 0 Å². The Labute approximate surface area is 166 Å². The maximum atomic E-state index is 13.1. The SMILES string of the molecule is CCCNC(=O)[C@H](CC)N(Cc1ccc(Cl)cc1)C(=O)Cc1ccccc1. The van der Waals surface area contributed by atoms with E-state index in [1.807, 2.05) is 56.3 Å². The van der Waals surface area contributed by atoms with E-state index in [-0.39, 0.29) is 18.2 Å². The van der Waals surface area contributed by atoms with Crippen molar-refractivity contribution in [2.75, 3.05) is 6.54 Å². The molecule has 2 rings (SSSR count). The Kier molecular flexibility index (Phi) is 8.34. The third-order valence-corrected chi connectivity index (χ3v) is 4.65. The molecule has 0 aliphatic rings. The molecule has 144 valence electrons. The largest absolute Gasteiger partial charge is 0.354 e. The van der Waals surface area contributed by atoms with Gasteiger partial charge in [0, 0.05) is 18.1 Å². The highest BCUT2D eigenvalue weighted by Crippen LogP contribution is 2.16. The molecule has 0 bridgehead atoms. The van der Waals surface area contributed by atoms with Crippen LogP contribution in [0.3, 0.4) is 0 Å². The van der Waals surface area contributed by atoms with Gasteiger partial charge in [-0.1, -0.05) is 67.9 Å². The summed E-state index contributed by atoms with van der Waals surface area (Å²) in [5, 5.41) is 3.57. The number of amides is 2. The smallest absolute Gasteiger partial charge is 0.242 e. The topological polar surface area (TPSA) is 49.4 Å². The lowest BCUT2D eigenvalue weighted by atomic mass is 10.1. The van der Waals surface area contributed by atoms with E-state index in [0.29, 0.717) is 24.5 Å². The molecule has 0 fully saturated rings. The van der Waals surface area contributed by atoms with Crippen molar-refractivity contribution in [2.45, 2.75) is 45.7 Å². The van der Waals surface area contributed by atoms with Gasteiger partial charge >= 0.3 is 0 Å². The average molecular weight is 387 g/mol. The normalized spacial score (nSPS) is 11.7. The van der Waals surface area contributed by atoms with Crippen molar-refractivity contribution in [3.8, 4) is 0 Å². The van der Waals surface area contributed by atoms with Gasteiger partial charge in [-0.3, -0.25) is 9.59 Å². The minimum absolute atomic E-state index is 0.0605. The number of hydrogen-bond donors (Lipinski definition) is 1. The zero-order valence-electron chi connectivity index (χ0n) is 16.0. The van der Waals surface area contributed by atoms with Crippen LogP contribution in [-0.2, 0) is 22.6 Å². The Morgan fingerprint density at radius 3 is 2.26 bits per heavy atom. The van der Waals surface area contributed by atoms with E-state index in [0.717, 1.165) is 17.5 Å². The molecule has 2 aromatic rings. The Bertz CT molecular complexity index is 732. The number of rotatable bonds is 9. The summed E-state index contributed by atoms with van der Waals surface area (Å²) in [5.74, 6) is -0.163. The van der Waals surface area contributed by atoms with Gasteiger partial charge in [0.1, 0.15) is 6.04 Å². The summed E-state index contributed by atoms with van der Waals surface area (Å²) >= 11 is 5.97. The summed E-state index contributed by atoms with van der Waals surface area (Å²) in [4.78, 5) is 27.4.